The fourth-order valence-corrected chi connectivity index (χ4v) is 3.37. The van der Waals surface area contributed by atoms with Crippen LogP contribution >= 0.6 is 0 Å². The van der Waals surface area contributed by atoms with Gasteiger partial charge in [0.15, 0.2) is 6.10 Å². The van der Waals surface area contributed by atoms with Gasteiger partial charge in [-0.25, -0.2) is 4.39 Å². The fraction of sp³-hybridized carbons (Fsp3) is 0.167. The van der Waals surface area contributed by atoms with Gasteiger partial charge < -0.3 is 19.7 Å². The van der Waals surface area contributed by atoms with Crippen LogP contribution in [0.4, 0.5) is 15.8 Å². The van der Waals surface area contributed by atoms with E-state index in [0.717, 1.165) is 5.56 Å². The summed E-state index contributed by atoms with van der Waals surface area (Å²) in [6.45, 7) is 1.94. The number of hydrogen-bond acceptors (Lipinski definition) is 4. The third-order valence-electron chi connectivity index (χ3n) is 5.03. The predicted octanol–water partition coefficient (Wildman–Crippen LogP) is 4.40. The molecule has 1 heterocycles. The van der Waals surface area contributed by atoms with Crippen molar-refractivity contribution in [1.29, 1.82) is 0 Å². The highest BCUT2D eigenvalue weighted by molar-refractivity contribution is 6.05. The second-order valence-corrected chi connectivity index (χ2v) is 7.18. The van der Waals surface area contributed by atoms with Crippen LogP contribution in [0.3, 0.4) is 0 Å². The molecule has 158 valence electrons. The van der Waals surface area contributed by atoms with E-state index in [4.69, 9.17) is 9.47 Å². The van der Waals surface area contributed by atoms with Crippen molar-refractivity contribution in [1.82, 2.24) is 0 Å². The molecule has 2 amide bonds. The molecule has 0 aliphatic carbocycles. The summed E-state index contributed by atoms with van der Waals surface area (Å²) in [4.78, 5) is 27.0. The Morgan fingerprint density at radius 3 is 2.48 bits per heavy atom. The van der Waals surface area contributed by atoms with E-state index < -0.39 is 6.10 Å². The van der Waals surface area contributed by atoms with Gasteiger partial charge in [-0.2, -0.15) is 0 Å². The van der Waals surface area contributed by atoms with Gasteiger partial charge >= 0.3 is 0 Å². The van der Waals surface area contributed by atoms with Crippen molar-refractivity contribution in [2.75, 3.05) is 17.3 Å². The molecule has 31 heavy (non-hydrogen) atoms. The molecular weight excluding hydrogens is 399 g/mol. The van der Waals surface area contributed by atoms with E-state index in [1.54, 1.807) is 73.5 Å². The van der Waals surface area contributed by atoms with Crippen LogP contribution in [0.1, 0.15) is 22.8 Å². The van der Waals surface area contributed by atoms with Crippen molar-refractivity contribution in [3.8, 4) is 11.5 Å². The number of nitrogens with one attached hydrogen (secondary N) is 1. The van der Waals surface area contributed by atoms with Crippen LogP contribution in [0.2, 0.25) is 0 Å². The lowest BCUT2D eigenvalue weighted by atomic mass is 10.1. The first-order valence-electron chi connectivity index (χ1n) is 9.76. The molecule has 1 aliphatic rings. The van der Waals surface area contributed by atoms with Gasteiger partial charge in [-0.05, 0) is 67.1 Å². The number of carbonyl (C=O) groups excluding carboxylic acids is 2. The van der Waals surface area contributed by atoms with Crippen LogP contribution in [0, 0.1) is 5.82 Å². The summed E-state index contributed by atoms with van der Waals surface area (Å²) >= 11 is 0. The number of benzene rings is 3. The fourth-order valence-electron chi connectivity index (χ4n) is 3.37. The molecule has 1 atom stereocenters. The maximum absolute atomic E-state index is 13.3. The molecule has 0 radical (unpaired) electrons. The molecule has 0 aromatic heterocycles. The zero-order valence-electron chi connectivity index (χ0n) is 17.1. The van der Waals surface area contributed by atoms with Gasteiger partial charge in [-0.15, -0.1) is 0 Å². The van der Waals surface area contributed by atoms with Gasteiger partial charge in [-0.1, -0.05) is 12.1 Å². The number of fused-ring (bicyclic) bond motifs is 1. The lowest BCUT2D eigenvalue weighted by Crippen LogP contribution is -2.44. The monoisotopic (exact) mass is 420 g/mol. The first kappa shape index (κ1) is 20.4. The molecule has 0 fully saturated rings. The molecule has 0 bridgehead atoms. The molecule has 0 saturated heterocycles. The minimum atomic E-state index is -0.646. The number of anilines is 2. The summed E-state index contributed by atoms with van der Waals surface area (Å²) in [5, 5.41) is 2.84. The van der Waals surface area contributed by atoms with Crippen molar-refractivity contribution >= 4 is 23.2 Å². The maximum Gasteiger partial charge on any atom is 0.268 e. The van der Waals surface area contributed by atoms with Crippen LogP contribution in [0.15, 0.2) is 66.7 Å². The Hall–Kier alpha value is -3.87. The summed E-state index contributed by atoms with van der Waals surface area (Å²) in [7, 11) is 1.56. The van der Waals surface area contributed by atoms with Gasteiger partial charge in [0, 0.05) is 11.3 Å². The number of amides is 2. The maximum atomic E-state index is 13.3. The van der Waals surface area contributed by atoms with Gasteiger partial charge in [0.25, 0.3) is 11.8 Å². The molecule has 4 rings (SSSR count). The Morgan fingerprint density at radius 2 is 1.81 bits per heavy atom. The highest BCUT2D eigenvalue weighted by atomic mass is 19.1. The van der Waals surface area contributed by atoms with Crippen LogP contribution in [0.5, 0.6) is 11.5 Å². The smallest absolute Gasteiger partial charge is 0.268 e. The van der Waals surface area contributed by atoms with Crippen molar-refractivity contribution in [2.24, 2.45) is 0 Å². The predicted molar refractivity (Wildman–Crippen MR) is 115 cm³/mol. The molecule has 3 aromatic carbocycles. The number of rotatable bonds is 5. The summed E-state index contributed by atoms with van der Waals surface area (Å²) in [6.07, 6.45) is -0.646. The van der Waals surface area contributed by atoms with Crippen LogP contribution in [0.25, 0.3) is 0 Å². The van der Waals surface area contributed by atoms with Crippen LogP contribution in [-0.4, -0.2) is 25.0 Å². The van der Waals surface area contributed by atoms with E-state index in [1.807, 2.05) is 0 Å². The molecule has 7 heteroatoms. The Morgan fingerprint density at radius 1 is 1.10 bits per heavy atom. The van der Waals surface area contributed by atoms with E-state index in [1.165, 1.54) is 12.1 Å². The summed E-state index contributed by atoms with van der Waals surface area (Å²) in [5.74, 6) is 0.358. The van der Waals surface area contributed by atoms with Gasteiger partial charge in [0.05, 0.1) is 19.3 Å². The number of halogens is 1. The van der Waals surface area contributed by atoms with Crippen molar-refractivity contribution < 1.29 is 23.5 Å². The van der Waals surface area contributed by atoms with Gasteiger partial charge in [0.1, 0.15) is 17.3 Å². The lowest BCUT2D eigenvalue weighted by Gasteiger charge is -2.33. The van der Waals surface area contributed by atoms with E-state index in [2.05, 4.69) is 5.32 Å². The molecule has 1 aliphatic heterocycles. The zero-order valence-corrected chi connectivity index (χ0v) is 17.1. The van der Waals surface area contributed by atoms with Crippen molar-refractivity contribution in [3.05, 3.63) is 83.7 Å². The van der Waals surface area contributed by atoms with E-state index >= 15 is 0 Å². The minimum absolute atomic E-state index is 0.213. The lowest BCUT2D eigenvalue weighted by molar-refractivity contribution is -0.125. The Labute approximate surface area is 179 Å². The second kappa shape index (κ2) is 8.47. The highest BCUT2D eigenvalue weighted by Gasteiger charge is 2.32. The zero-order chi connectivity index (χ0) is 22.0. The average molecular weight is 420 g/mol. The molecule has 0 spiro atoms. The Bertz CT molecular complexity index is 1110. The van der Waals surface area contributed by atoms with Crippen LogP contribution in [-0.2, 0) is 11.3 Å². The quantitative estimate of drug-likeness (QED) is 0.664. The molecule has 0 saturated carbocycles. The van der Waals surface area contributed by atoms with E-state index in [0.29, 0.717) is 28.4 Å². The number of carbonyl (C=O) groups is 2. The van der Waals surface area contributed by atoms with Crippen molar-refractivity contribution in [2.45, 2.75) is 19.6 Å². The average Bonchev–Trinajstić information content (AvgIpc) is 2.78. The molecule has 3 aromatic rings. The SMILES string of the molecule is COc1ccc(C(=O)Nc2ccc3c(c2)N(Cc2ccc(F)cc2)C(=O)C(C)O3)cc1. The van der Waals surface area contributed by atoms with E-state index in [-0.39, 0.29) is 24.2 Å². The standard InChI is InChI=1S/C24H21FN2O4/c1-15-24(29)27(14-16-3-7-18(25)8-4-16)21-13-19(9-12-22(21)31-15)26-23(28)17-5-10-20(30-2)11-6-17/h3-13,15H,14H2,1-2H3,(H,26,28). The summed E-state index contributed by atoms with van der Waals surface area (Å²) < 4.78 is 24.1. The minimum Gasteiger partial charge on any atom is -0.497 e. The van der Waals surface area contributed by atoms with Gasteiger partial charge in [-0.3, -0.25) is 9.59 Å². The first-order chi connectivity index (χ1) is 14.9. The Balaban J connectivity index is 1.60. The normalized spacial score (nSPS) is 15.1. The molecule has 6 nitrogen and oxygen atoms in total. The third kappa shape index (κ3) is 4.35. The largest absolute Gasteiger partial charge is 0.497 e. The van der Waals surface area contributed by atoms with Crippen molar-refractivity contribution in [3.63, 3.8) is 0 Å². The van der Waals surface area contributed by atoms with E-state index in [9.17, 15) is 14.0 Å². The summed E-state index contributed by atoms with van der Waals surface area (Å²) in [5.41, 5.74) is 2.32. The first-order valence-corrected chi connectivity index (χ1v) is 9.76. The number of hydrogen-bond donors (Lipinski definition) is 1. The highest BCUT2D eigenvalue weighted by Crippen LogP contribution is 2.37. The molecule has 1 N–H and O–H groups in total. The third-order valence-corrected chi connectivity index (χ3v) is 5.03. The Kier molecular flexibility index (Phi) is 5.58. The molecule has 1 unspecified atom stereocenters. The van der Waals surface area contributed by atoms with Crippen LogP contribution < -0.4 is 19.7 Å². The van der Waals surface area contributed by atoms with Gasteiger partial charge in [0.2, 0.25) is 0 Å². The topological polar surface area (TPSA) is 67.9 Å². The number of nitrogens with zero attached hydrogens (tertiary/aromatic N) is 1. The second-order valence-electron chi connectivity index (χ2n) is 7.18. The summed E-state index contributed by atoms with van der Waals surface area (Å²) in [6, 6.07) is 17.9. The number of ether oxygens (including phenoxy) is 2. The molecular formula is C24H21FN2O4. The number of methoxy groups -OCH3 is 1.